The van der Waals surface area contributed by atoms with E-state index in [-0.39, 0.29) is 25.9 Å². The normalized spacial score (nSPS) is 13.8. The highest BCUT2D eigenvalue weighted by atomic mass is 31.2. The zero-order chi connectivity index (χ0) is 55.5. The Morgan fingerprint density at radius 3 is 1.03 bits per heavy atom. The highest BCUT2D eigenvalue weighted by molar-refractivity contribution is 7.47. The van der Waals surface area contributed by atoms with Crippen LogP contribution >= 0.6 is 7.82 Å². The van der Waals surface area contributed by atoms with Crippen molar-refractivity contribution in [2.75, 3.05) is 26.4 Å². The second-order valence-corrected chi connectivity index (χ2v) is 22.0. The first-order chi connectivity index (χ1) is 37.2. The molecule has 76 heavy (non-hydrogen) atoms. The van der Waals surface area contributed by atoms with Gasteiger partial charge in [0.1, 0.15) is 12.7 Å². The molecule has 0 aromatic rings. The Bertz CT molecular complexity index is 1550. The predicted molar refractivity (Wildman–Crippen MR) is 316 cm³/mol. The quantitative estimate of drug-likeness (QED) is 0.0197. The van der Waals surface area contributed by atoms with Gasteiger partial charge in [-0.1, -0.05) is 216 Å². The SMILES string of the molecule is CCCCC/C=C\C/C=C\C/C=C\CCCCCCCCC(=O)OCC(COP(=O)(O)OCC(CO)OC(=O)CCCCCCC/C=C\CCCCCC)OC(=O)CCCCCCCCC/C=C\C/C=C\CCCCC. The largest absolute Gasteiger partial charge is 0.472 e. The van der Waals surface area contributed by atoms with Crippen LogP contribution in [-0.2, 0) is 42.2 Å². The molecule has 440 valence electrons. The van der Waals surface area contributed by atoms with Crippen LogP contribution in [0, 0.1) is 0 Å². The molecule has 0 aliphatic rings. The number of hydrogen-bond donors (Lipinski definition) is 2. The molecule has 0 bridgehead atoms. The standard InChI is InChI=1S/C64H113O11P/c1-4-7-10-13-16-19-22-25-27-29-30-32-33-36-38-41-44-47-50-53-62(66)71-57-61(75-64(68)55-52-49-46-43-40-37-34-31-28-26-23-20-17-14-11-8-5-2)59-73-76(69,70)72-58-60(56-65)74-63(67)54-51-48-45-42-39-35-24-21-18-15-12-9-6-3/h16-17,19-21,24-28,30,32,60-61,65H,4-15,18,22-23,29,31,33-59H2,1-3H3,(H,69,70)/b19-16-,20-17-,24-21-,27-25-,28-26-,32-30-. The van der Waals surface area contributed by atoms with Crippen molar-refractivity contribution in [1.82, 2.24) is 0 Å². The van der Waals surface area contributed by atoms with Crippen LogP contribution < -0.4 is 0 Å². The molecular weight excluding hydrogens is 976 g/mol. The number of esters is 3. The number of phosphoric ester groups is 1. The van der Waals surface area contributed by atoms with E-state index >= 15 is 0 Å². The van der Waals surface area contributed by atoms with Crippen LogP contribution in [0.3, 0.4) is 0 Å². The molecule has 0 amide bonds. The first kappa shape index (κ1) is 72.9. The molecule has 12 heteroatoms. The zero-order valence-electron chi connectivity index (χ0n) is 48.7. The number of carbonyl (C=O) groups excluding carboxylic acids is 3. The van der Waals surface area contributed by atoms with E-state index in [1.165, 1.54) is 89.9 Å². The Morgan fingerprint density at radius 1 is 0.368 bits per heavy atom. The lowest BCUT2D eigenvalue weighted by atomic mass is 10.1. The maximum atomic E-state index is 12.9. The van der Waals surface area contributed by atoms with Crippen molar-refractivity contribution < 1.29 is 52.2 Å². The number of hydrogen-bond acceptors (Lipinski definition) is 10. The minimum Gasteiger partial charge on any atom is -0.462 e. The summed E-state index contributed by atoms with van der Waals surface area (Å²) >= 11 is 0. The summed E-state index contributed by atoms with van der Waals surface area (Å²) in [5.41, 5.74) is 0. The van der Waals surface area contributed by atoms with Crippen LogP contribution in [0.5, 0.6) is 0 Å². The van der Waals surface area contributed by atoms with Crippen molar-refractivity contribution in [3.63, 3.8) is 0 Å². The Labute approximate surface area is 465 Å². The zero-order valence-corrected chi connectivity index (χ0v) is 49.6. The molecule has 0 aromatic heterocycles. The summed E-state index contributed by atoms with van der Waals surface area (Å²) in [6.45, 7) is 4.57. The summed E-state index contributed by atoms with van der Waals surface area (Å²) < 4.78 is 39.6. The van der Waals surface area contributed by atoms with Crippen LogP contribution in [0.4, 0.5) is 0 Å². The van der Waals surface area contributed by atoms with Crippen LogP contribution in [0.15, 0.2) is 72.9 Å². The van der Waals surface area contributed by atoms with E-state index in [4.69, 9.17) is 23.3 Å². The highest BCUT2D eigenvalue weighted by Crippen LogP contribution is 2.43. The molecule has 3 atom stereocenters. The van der Waals surface area contributed by atoms with Crippen LogP contribution in [0.1, 0.15) is 278 Å². The van der Waals surface area contributed by atoms with Crippen LogP contribution in [0.25, 0.3) is 0 Å². The third-order valence-electron chi connectivity index (χ3n) is 13.1. The fraction of sp³-hybridized carbons (Fsp3) is 0.766. The number of unbranched alkanes of at least 4 members (excludes halogenated alkanes) is 28. The summed E-state index contributed by atoms with van der Waals surface area (Å²) in [6, 6.07) is 0. The average Bonchev–Trinajstić information content (AvgIpc) is 3.41. The topological polar surface area (TPSA) is 155 Å². The van der Waals surface area contributed by atoms with Crippen molar-refractivity contribution >= 4 is 25.7 Å². The number of aliphatic hydroxyl groups is 1. The molecular formula is C64H113O11P. The molecule has 0 heterocycles. The maximum Gasteiger partial charge on any atom is 0.472 e. The van der Waals surface area contributed by atoms with Gasteiger partial charge in [0.15, 0.2) is 6.10 Å². The molecule has 0 fully saturated rings. The lowest BCUT2D eigenvalue weighted by molar-refractivity contribution is -0.161. The third kappa shape index (κ3) is 55.7. The summed E-state index contributed by atoms with van der Waals surface area (Å²) in [5.74, 6) is -1.49. The highest BCUT2D eigenvalue weighted by Gasteiger charge is 2.28. The molecule has 0 rings (SSSR count). The monoisotopic (exact) mass is 1090 g/mol. The molecule has 0 spiro atoms. The first-order valence-corrected chi connectivity index (χ1v) is 32.3. The van der Waals surface area contributed by atoms with Gasteiger partial charge in [-0.15, -0.1) is 0 Å². The lowest BCUT2D eigenvalue weighted by Gasteiger charge is -2.21. The van der Waals surface area contributed by atoms with Crippen molar-refractivity contribution in [3.05, 3.63) is 72.9 Å². The predicted octanol–water partition coefficient (Wildman–Crippen LogP) is 18.5. The summed E-state index contributed by atoms with van der Waals surface area (Å²) in [7, 11) is -4.76. The van der Waals surface area contributed by atoms with Gasteiger partial charge >= 0.3 is 25.7 Å². The average molecular weight is 1090 g/mol. The molecule has 0 aliphatic heterocycles. The first-order valence-electron chi connectivity index (χ1n) is 30.8. The number of phosphoric acid groups is 1. The van der Waals surface area contributed by atoms with E-state index in [2.05, 4.69) is 93.7 Å². The molecule has 2 N–H and O–H groups in total. The number of carbonyl (C=O) groups is 3. The maximum absolute atomic E-state index is 12.9. The van der Waals surface area contributed by atoms with Crippen molar-refractivity contribution in [1.29, 1.82) is 0 Å². The molecule has 0 radical (unpaired) electrons. The Morgan fingerprint density at radius 2 is 0.645 bits per heavy atom. The number of aliphatic hydroxyl groups excluding tert-OH is 1. The molecule has 11 nitrogen and oxygen atoms in total. The van der Waals surface area contributed by atoms with Gasteiger partial charge in [0, 0.05) is 19.3 Å². The second-order valence-electron chi connectivity index (χ2n) is 20.5. The van der Waals surface area contributed by atoms with Crippen LogP contribution in [0.2, 0.25) is 0 Å². The molecule has 0 saturated heterocycles. The Balaban J connectivity index is 4.75. The summed E-state index contributed by atoms with van der Waals surface area (Å²) in [5, 5.41) is 9.82. The van der Waals surface area contributed by atoms with Gasteiger partial charge in [-0.05, 0) is 116 Å². The lowest BCUT2D eigenvalue weighted by Crippen LogP contribution is -2.30. The van der Waals surface area contributed by atoms with Gasteiger partial charge in [-0.25, -0.2) is 4.57 Å². The molecule has 0 saturated carbocycles. The fourth-order valence-electron chi connectivity index (χ4n) is 8.33. The van der Waals surface area contributed by atoms with Crippen molar-refractivity contribution in [2.24, 2.45) is 0 Å². The van der Waals surface area contributed by atoms with E-state index in [1.54, 1.807) is 0 Å². The molecule has 3 unspecified atom stereocenters. The van der Waals surface area contributed by atoms with Crippen molar-refractivity contribution in [3.8, 4) is 0 Å². The number of rotatable bonds is 57. The van der Waals surface area contributed by atoms with Gasteiger partial charge in [0.25, 0.3) is 0 Å². The second kappa shape index (κ2) is 58.1. The summed E-state index contributed by atoms with van der Waals surface area (Å²) in [6.07, 6.45) is 65.6. The minimum atomic E-state index is -4.76. The van der Waals surface area contributed by atoms with E-state index in [1.807, 2.05) is 0 Å². The van der Waals surface area contributed by atoms with Gasteiger partial charge < -0.3 is 24.2 Å². The Hall–Kier alpha value is -3.08. The van der Waals surface area contributed by atoms with Gasteiger partial charge in [0.05, 0.1) is 19.8 Å². The number of ether oxygens (including phenoxy) is 3. The Kier molecular flexibility index (Phi) is 55.7. The van der Waals surface area contributed by atoms with E-state index in [9.17, 15) is 28.9 Å². The summed E-state index contributed by atoms with van der Waals surface area (Å²) in [4.78, 5) is 48.6. The van der Waals surface area contributed by atoms with Gasteiger partial charge in [-0.2, -0.15) is 0 Å². The molecule has 0 aliphatic carbocycles. The van der Waals surface area contributed by atoms with Gasteiger partial charge in [0.2, 0.25) is 0 Å². The van der Waals surface area contributed by atoms with E-state index < -0.39 is 57.8 Å². The minimum absolute atomic E-state index is 0.154. The van der Waals surface area contributed by atoms with E-state index in [0.29, 0.717) is 19.3 Å². The van der Waals surface area contributed by atoms with Gasteiger partial charge in [-0.3, -0.25) is 23.4 Å². The van der Waals surface area contributed by atoms with Crippen molar-refractivity contribution in [2.45, 2.75) is 290 Å². The smallest absolute Gasteiger partial charge is 0.462 e. The van der Waals surface area contributed by atoms with E-state index in [0.717, 1.165) is 128 Å². The van der Waals surface area contributed by atoms with Crippen LogP contribution in [-0.4, -0.2) is 66.5 Å². The fourth-order valence-corrected chi connectivity index (χ4v) is 9.11. The molecule has 0 aromatic carbocycles. The number of allylic oxidation sites excluding steroid dienone is 12. The third-order valence-corrected chi connectivity index (χ3v) is 14.0.